The summed E-state index contributed by atoms with van der Waals surface area (Å²) in [6.45, 7) is 1.45. The zero-order valence-corrected chi connectivity index (χ0v) is 12.1. The van der Waals surface area contributed by atoms with E-state index in [4.69, 9.17) is 10.5 Å². The normalized spacial score (nSPS) is 16.1. The minimum absolute atomic E-state index is 0.231. The molecule has 112 valence electrons. The Morgan fingerprint density at radius 1 is 1.45 bits per heavy atom. The number of nitrogens with two attached hydrogens (primary N) is 1. The number of rotatable bonds is 6. The monoisotopic (exact) mass is 280 g/mol. The van der Waals surface area contributed by atoms with Crippen LogP contribution in [0.1, 0.15) is 38.5 Å². The van der Waals surface area contributed by atoms with Crippen LogP contribution in [0, 0.1) is 0 Å². The lowest BCUT2D eigenvalue weighted by atomic mass is 9.94. The maximum atomic E-state index is 11.9. The van der Waals surface area contributed by atoms with Gasteiger partial charge in [0.15, 0.2) is 5.82 Å². The molecule has 0 bridgehead atoms. The molecule has 0 saturated heterocycles. The first kappa shape index (κ1) is 14.8. The number of aromatic nitrogens is 2. The first-order valence-corrected chi connectivity index (χ1v) is 7.36. The molecule has 3 N–H and O–H groups in total. The highest BCUT2D eigenvalue weighted by Crippen LogP contribution is 2.29. The Kier molecular flexibility index (Phi) is 5.40. The highest BCUT2D eigenvalue weighted by atomic mass is 16.5. The molecule has 0 atom stereocenters. The van der Waals surface area contributed by atoms with Gasteiger partial charge in [-0.05, 0) is 25.8 Å². The van der Waals surface area contributed by atoms with Crippen molar-refractivity contribution < 1.29 is 4.74 Å². The van der Waals surface area contributed by atoms with E-state index in [2.05, 4.69) is 14.9 Å². The van der Waals surface area contributed by atoms with Crippen molar-refractivity contribution in [1.82, 2.24) is 9.97 Å². The van der Waals surface area contributed by atoms with E-state index in [-0.39, 0.29) is 5.56 Å². The summed E-state index contributed by atoms with van der Waals surface area (Å²) in [5, 5.41) is 0. The van der Waals surface area contributed by atoms with Crippen LogP contribution in [0.3, 0.4) is 0 Å². The molecule has 1 heterocycles. The topological polar surface area (TPSA) is 84.2 Å². The van der Waals surface area contributed by atoms with Crippen molar-refractivity contribution in [3.8, 4) is 5.75 Å². The standard InChI is InChI=1S/C14H24N4O2/c1-20-12-13(16-10-17-14(12)19)18(9-5-8-15)11-6-3-2-4-7-11/h10-11H,2-9,15H2,1H3,(H,16,17,19). The van der Waals surface area contributed by atoms with Gasteiger partial charge in [0.05, 0.1) is 13.4 Å². The van der Waals surface area contributed by atoms with Gasteiger partial charge < -0.3 is 20.4 Å². The lowest BCUT2D eigenvalue weighted by Gasteiger charge is -2.35. The lowest BCUT2D eigenvalue weighted by Crippen LogP contribution is -2.39. The van der Waals surface area contributed by atoms with Crippen LogP contribution in [0.5, 0.6) is 5.75 Å². The number of hydrogen-bond acceptors (Lipinski definition) is 5. The molecule has 1 aromatic rings. The highest BCUT2D eigenvalue weighted by molar-refractivity contribution is 5.51. The molecule has 1 aliphatic rings. The number of H-pyrrole nitrogens is 1. The summed E-state index contributed by atoms with van der Waals surface area (Å²) in [4.78, 5) is 21.0. The van der Waals surface area contributed by atoms with Crippen molar-refractivity contribution in [2.24, 2.45) is 5.73 Å². The predicted molar refractivity (Wildman–Crippen MR) is 79.3 cm³/mol. The van der Waals surface area contributed by atoms with Crippen molar-refractivity contribution in [3.05, 3.63) is 16.7 Å². The van der Waals surface area contributed by atoms with Crippen LogP contribution in [-0.2, 0) is 0 Å². The molecule has 1 aliphatic carbocycles. The Labute approximate surface area is 119 Å². The van der Waals surface area contributed by atoms with Crippen LogP contribution in [0.4, 0.5) is 5.82 Å². The minimum Gasteiger partial charge on any atom is -0.489 e. The molecular formula is C14H24N4O2. The van der Waals surface area contributed by atoms with E-state index in [1.807, 2.05) is 0 Å². The molecule has 1 fully saturated rings. The van der Waals surface area contributed by atoms with E-state index in [9.17, 15) is 4.79 Å². The Morgan fingerprint density at radius 3 is 2.85 bits per heavy atom. The predicted octanol–water partition coefficient (Wildman–Crippen LogP) is 1.27. The van der Waals surface area contributed by atoms with Gasteiger partial charge in [0, 0.05) is 12.6 Å². The summed E-state index contributed by atoms with van der Waals surface area (Å²) in [5.41, 5.74) is 5.41. The molecule has 20 heavy (non-hydrogen) atoms. The van der Waals surface area contributed by atoms with Gasteiger partial charge in [0.1, 0.15) is 0 Å². The largest absolute Gasteiger partial charge is 0.489 e. The molecular weight excluding hydrogens is 256 g/mol. The smallest absolute Gasteiger partial charge is 0.295 e. The summed E-state index contributed by atoms with van der Waals surface area (Å²) >= 11 is 0. The zero-order chi connectivity index (χ0) is 14.4. The SMILES string of the molecule is COc1c(N(CCCN)C2CCCCC2)nc[nH]c1=O. The van der Waals surface area contributed by atoms with Crippen LogP contribution in [0.15, 0.2) is 11.1 Å². The van der Waals surface area contributed by atoms with Gasteiger partial charge in [-0.3, -0.25) is 4.79 Å². The Balaban J connectivity index is 2.29. The maximum absolute atomic E-state index is 11.9. The molecule has 1 aromatic heterocycles. The first-order valence-electron chi connectivity index (χ1n) is 7.36. The summed E-state index contributed by atoms with van der Waals surface area (Å²) in [6, 6.07) is 0.429. The second-order valence-corrected chi connectivity index (χ2v) is 5.22. The number of ether oxygens (including phenoxy) is 1. The second-order valence-electron chi connectivity index (χ2n) is 5.22. The average Bonchev–Trinajstić information content (AvgIpc) is 2.49. The molecule has 1 saturated carbocycles. The second kappa shape index (κ2) is 7.28. The zero-order valence-electron chi connectivity index (χ0n) is 12.1. The average molecular weight is 280 g/mol. The molecule has 0 amide bonds. The number of nitrogens with one attached hydrogen (secondary N) is 1. The molecule has 2 rings (SSSR count). The lowest BCUT2D eigenvalue weighted by molar-refractivity contribution is 0.386. The Morgan fingerprint density at radius 2 is 2.20 bits per heavy atom. The van der Waals surface area contributed by atoms with Gasteiger partial charge >= 0.3 is 0 Å². The number of hydrogen-bond donors (Lipinski definition) is 2. The van der Waals surface area contributed by atoms with Crippen molar-refractivity contribution in [1.29, 1.82) is 0 Å². The van der Waals surface area contributed by atoms with Gasteiger partial charge in [-0.25, -0.2) is 4.98 Å². The van der Waals surface area contributed by atoms with E-state index in [1.165, 1.54) is 32.7 Å². The molecule has 0 aromatic carbocycles. The summed E-state index contributed by atoms with van der Waals surface area (Å²) in [6.07, 6.45) is 8.36. The van der Waals surface area contributed by atoms with Gasteiger partial charge in [-0.15, -0.1) is 0 Å². The first-order chi connectivity index (χ1) is 9.77. The molecule has 6 heteroatoms. The maximum Gasteiger partial charge on any atom is 0.295 e. The number of methoxy groups -OCH3 is 1. The summed E-state index contributed by atoms with van der Waals surface area (Å²) in [5.74, 6) is 0.951. The third-order valence-corrected chi connectivity index (χ3v) is 3.89. The van der Waals surface area contributed by atoms with Crippen LogP contribution in [0.2, 0.25) is 0 Å². The van der Waals surface area contributed by atoms with Crippen molar-refractivity contribution in [2.45, 2.75) is 44.6 Å². The van der Waals surface area contributed by atoms with Gasteiger partial charge in [0.2, 0.25) is 5.75 Å². The van der Waals surface area contributed by atoms with Crippen molar-refractivity contribution >= 4 is 5.82 Å². The fourth-order valence-electron chi connectivity index (χ4n) is 2.88. The van der Waals surface area contributed by atoms with E-state index in [0.717, 1.165) is 25.8 Å². The van der Waals surface area contributed by atoms with Crippen molar-refractivity contribution in [3.63, 3.8) is 0 Å². The summed E-state index contributed by atoms with van der Waals surface area (Å²) in [7, 11) is 1.51. The van der Waals surface area contributed by atoms with E-state index < -0.39 is 0 Å². The molecule has 0 aliphatic heterocycles. The Bertz CT molecular complexity index is 468. The van der Waals surface area contributed by atoms with Crippen LogP contribution < -0.4 is 20.9 Å². The van der Waals surface area contributed by atoms with Gasteiger partial charge in [0.25, 0.3) is 5.56 Å². The molecule has 0 unspecified atom stereocenters. The van der Waals surface area contributed by atoms with E-state index in [0.29, 0.717) is 24.2 Å². The quantitative estimate of drug-likeness (QED) is 0.819. The molecule has 0 spiro atoms. The molecule has 0 radical (unpaired) electrons. The van der Waals surface area contributed by atoms with E-state index in [1.54, 1.807) is 0 Å². The fourth-order valence-corrected chi connectivity index (χ4v) is 2.88. The van der Waals surface area contributed by atoms with Gasteiger partial charge in [-0.1, -0.05) is 19.3 Å². The van der Waals surface area contributed by atoms with E-state index >= 15 is 0 Å². The minimum atomic E-state index is -0.231. The number of nitrogens with zero attached hydrogens (tertiary/aromatic N) is 2. The number of aromatic amines is 1. The van der Waals surface area contributed by atoms with Crippen LogP contribution in [0.25, 0.3) is 0 Å². The van der Waals surface area contributed by atoms with Crippen molar-refractivity contribution in [2.75, 3.05) is 25.1 Å². The van der Waals surface area contributed by atoms with Crippen LogP contribution in [-0.4, -0.2) is 36.2 Å². The molecule has 6 nitrogen and oxygen atoms in total. The van der Waals surface area contributed by atoms with Gasteiger partial charge in [-0.2, -0.15) is 0 Å². The highest BCUT2D eigenvalue weighted by Gasteiger charge is 2.25. The number of anilines is 1. The third-order valence-electron chi connectivity index (χ3n) is 3.89. The Hall–Kier alpha value is -1.56. The van der Waals surface area contributed by atoms with Crippen LogP contribution >= 0.6 is 0 Å². The fraction of sp³-hybridized carbons (Fsp3) is 0.714. The third kappa shape index (κ3) is 3.30. The summed E-state index contributed by atoms with van der Waals surface area (Å²) < 4.78 is 5.25.